The Morgan fingerprint density at radius 1 is 1.23 bits per heavy atom. The van der Waals surface area contributed by atoms with Crippen LogP contribution < -0.4 is 4.74 Å². The van der Waals surface area contributed by atoms with E-state index >= 15 is 0 Å². The minimum absolute atomic E-state index is 0.0409. The molecular formula is C22H21F3N4O2. The van der Waals surface area contributed by atoms with Crippen molar-refractivity contribution in [2.45, 2.75) is 24.9 Å². The maximum atomic E-state index is 12.8. The van der Waals surface area contributed by atoms with Crippen molar-refractivity contribution in [3.05, 3.63) is 77.4 Å². The summed E-state index contributed by atoms with van der Waals surface area (Å²) in [5, 5.41) is 7.31. The van der Waals surface area contributed by atoms with Crippen molar-refractivity contribution in [2.24, 2.45) is 0 Å². The minimum atomic E-state index is -4.40. The van der Waals surface area contributed by atoms with Gasteiger partial charge in [0.1, 0.15) is 5.75 Å². The highest BCUT2D eigenvalue weighted by Gasteiger charge is 2.31. The van der Waals surface area contributed by atoms with Gasteiger partial charge in [0.15, 0.2) is 0 Å². The lowest BCUT2D eigenvalue weighted by Crippen LogP contribution is -2.28. The number of aromatic nitrogens is 3. The summed E-state index contributed by atoms with van der Waals surface area (Å²) in [5.74, 6) is 0.269. The van der Waals surface area contributed by atoms with E-state index in [2.05, 4.69) is 15.2 Å². The number of likely N-dealkylation sites (tertiary alicyclic amines) is 1. The van der Waals surface area contributed by atoms with Crippen molar-refractivity contribution in [2.75, 3.05) is 19.7 Å². The van der Waals surface area contributed by atoms with E-state index in [1.54, 1.807) is 29.4 Å². The van der Waals surface area contributed by atoms with Gasteiger partial charge in [-0.1, -0.05) is 6.07 Å². The first-order valence-corrected chi connectivity index (χ1v) is 9.94. The first-order chi connectivity index (χ1) is 14.9. The molecule has 0 bridgehead atoms. The zero-order valence-corrected chi connectivity index (χ0v) is 16.6. The van der Waals surface area contributed by atoms with Crippen LogP contribution in [0.5, 0.6) is 5.75 Å². The van der Waals surface area contributed by atoms with Crippen molar-refractivity contribution < 1.29 is 22.7 Å². The van der Waals surface area contributed by atoms with Crippen LogP contribution in [0.4, 0.5) is 13.2 Å². The molecule has 9 heteroatoms. The Morgan fingerprint density at radius 2 is 2.10 bits per heavy atom. The Hall–Kier alpha value is -3.36. The van der Waals surface area contributed by atoms with E-state index in [9.17, 15) is 18.0 Å². The number of carbonyl (C=O) groups is 1. The van der Waals surface area contributed by atoms with Crippen LogP contribution in [0.15, 0.2) is 54.9 Å². The highest BCUT2D eigenvalue weighted by molar-refractivity contribution is 5.94. The maximum Gasteiger partial charge on any atom is 0.416 e. The number of rotatable bonds is 6. The van der Waals surface area contributed by atoms with Gasteiger partial charge in [0.05, 0.1) is 23.4 Å². The number of nitrogens with one attached hydrogen (secondary N) is 1. The van der Waals surface area contributed by atoms with Crippen molar-refractivity contribution in [3.8, 4) is 5.75 Å². The Kier molecular flexibility index (Phi) is 5.92. The second-order valence-electron chi connectivity index (χ2n) is 7.42. The third kappa shape index (κ3) is 5.04. The van der Waals surface area contributed by atoms with Crippen LogP contribution in [0.3, 0.4) is 0 Å². The van der Waals surface area contributed by atoms with Gasteiger partial charge in [-0.25, -0.2) is 0 Å². The van der Waals surface area contributed by atoms with E-state index in [1.165, 1.54) is 12.1 Å². The molecule has 1 aromatic carbocycles. The number of hydrogen-bond donors (Lipinski definition) is 1. The van der Waals surface area contributed by atoms with E-state index in [1.807, 2.05) is 6.07 Å². The van der Waals surface area contributed by atoms with E-state index in [0.717, 1.165) is 29.9 Å². The SMILES string of the molecule is O=C(c1cccnc1)N1CCC(c2cc(CCOc3cccc(C(F)(F)F)c3)[nH]n2)C1. The van der Waals surface area contributed by atoms with Crippen molar-refractivity contribution in [3.63, 3.8) is 0 Å². The van der Waals surface area contributed by atoms with E-state index in [0.29, 0.717) is 25.1 Å². The quantitative estimate of drug-likeness (QED) is 0.640. The van der Waals surface area contributed by atoms with Gasteiger partial charge in [-0.3, -0.25) is 14.9 Å². The molecule has 31 heavy (non-hydrogen) atoms. The molecule has 1 atom stereocenters. The molecule has 1 amide bonds. The lowest BCUT2D eigenvalue weighted by Gasteiger charge is -2.15. The summed E-state index contributed by atoms with van der Waals surface area (Å²) in [7, 11) is 0. The number of aromatic amines is 1. The number of amides is 1. The number of carbonyl (C=O) groups excluding carboxylic acids is 1. The van der Waals surface area contributed by atoms with Crippen LogP contribution in [0.1, 0.15) is 39.6 Å². The Morgan fingerprint density at radius 3 is 2.87 bits per heavy atom. The summed E-state index contributed by atoms with van der Waals surface area (Å²) in [6.07, 6.45) is 0.0921. The summed E-state index contributed by atoms with van der Waals surface area (Å²) in [5.41, 5.74) is 1.53. The number of nitrogens with zero attached hydrogens (tertiary/aromatic N) is 3. The number of halogens is 3. The van der Waals surface area contributed by atoms with Gasteiger partial charge in [-0.2, -0.15) is 18.3 Å². The predicted molar refractivity (Wildman–Crippen MR) is 107 cm³/mol. The van der Waals surface area contributed by atoms with Gasteiger partial charge in [0.25, 0.3) is 5.91 Å². The zero-order chi connectivity index (χ0) is 21.8. The number of H-pyrrole nitrogens is 1. The fourth-order valence-corrected chi connectivity index (χ4v) is 3.62. The number of ether oxygens (including phenoxy) is 1. The maximum absolute atomic E-state index is 12.8. The van der Waals surface area contributed by atoms with Crippen LogP contribution >= 0.6 is 0 Å². The Labute approximate surface area is 177 Å². The van der Waals surface area contributed by atoms with Gasteiger partial charge in [0, 0.05) is 43.5 Å². The van der Waals surface area contributed by atoms with Crippen LogP contribution in [-0.2, 0) is 12.6 Å². The molecule has 3 aromatic rings. The molecule has 1 aliphatic rings. The van der Waals surface area contributed by atoms with Gasteiger partial charge in [0.2, 0.25) is 0 Å². The molecule has 4 rings (SSSR count). The van der Waals surface area contributed by atoms with Crippen LogP contribution in [0.2, 0.25) is 0 Å². The first kappa shape index (κ1) is 20.9. The second kappa shape index (κ2) is 8.79. The molecule has 1 fully saturated rings. The highest BCUT2D eigenvalue weighted by atomic mass is 19.4. The second-order valence-corrected chi connectivity index (χ2v) is 7.42. The average molecular weight is 430 g/mol. The first-order valence-electron chi connectivity index (χ1n) is 9.94. The summed E-state index contributed by atoms with van der Waals surface area (Å²) < 4.78 is 43.8. The van der Waals surface area contributed by atoms with Crippen molar-refractivity contribution >= 4 is 5.91 Å². The largest absolute Gasteiger partial charge is 0.493 e. The molecule has 1 N–H and O–H groups in total. The Bertz CT molecular complexity index is 1040. The number of benzene rings is 1. The molecule has 0 aliphatic carbocycles. The summed E-state index contributed by atoms with van der Waals surface area (Å²) >= 11 is 0. The lowest BCUT2D eigenvalue weighted by molar-refractivity contribution is -0.137. The van der Waals surface area contributed by atoms with E-state index in [-0.39, 0.29) is 24.2 Å². The normalized spacial score (nSPS) is 16.5. The minimum Gasteiger partial charge on any atom is -0.493 e. The van der Waals surface area contributed by atoms with Crippen LogP contribution in [0.25, 0.3) is 0 Å². The molecule has 0 radical (unpaired) electrons. The molecule has 1 aliphatic heterocycles. The fourth-order valence-electron chi connectivity index (χ4n) is 3.62. The average Bonchev–Trinajstić information content (AvgIpc) is 3.43. The molecule has 2 aromatic heterocycles. The van der Waals surface area contributed by atoms with Gasteiger partial charge in [-0.05, 0) is 42.8 Å². The molecule has 3 heterocycles. The number of hydrogen-bond acceptors (Lipinski definition) is 4. The van der Waals surface area contributed by atoms with Gasteiger partial charge in [-0.15, -0.1) is 0 Å². The fraction of sp³-hybridized carbons (Fsp3) is 0.318. The van der Waals surface area contributed by atoms with Gasteiger partial charge < -0.3 is 9.64 Å². The van der Waals surface area contributed by atoms with Gasteiger partial charge >= 0.3 is 6.18 Å². The molecule has 0 saturated carbocycles. The summed E-state index contributed by atoms with van der Waals surface area (Å²) in [6.45, 7) is 1.46. The molecule has 1 unspecified atom stereocenters. The number of pyridine rings is 1. The topological polar surface area (TPSA) is 71.1 Å². The lowest BCUT2D eigenvalue weighted by atomic mass is 10.0. The summed E-state index contributed by atoms with van der Waals surface area (Å²) in [4.78, 5) is 18.4. The van der Waals surface area contributed by atoms with Crippen LogP contribution in [0, 0.1) is 0 Å². The molecule has 1 saturated heterocycles. The third-order valence-corrected chi connectivity index (χ3v) is 5.25. The summed E-state index contributed by atoms with van der Waals surface area (Å²) in [6, 6.07) is 10.2. The van der Waals surface area contributed by atoms with E-state index in [4.69, 9.17) is 4.74 Å². The Balaban J connectivity index is 1.30. The predicted octanol–water partition coefficient (Wildman–Crippen LogP) is 4.07. The smallest absolute Gasteiger partial charge is 0.416 e. The van der Waals surface area contributed by atoms with E-state index < -0.39 is 11.7 Å². The van der Waals surface area contributed by atoms with Crippen molar-refractivity contribution in [1.82, 2.24) is 20.1 Å². The molecular weight excluding hydrogens is 409 g/mol. The monoisotopic (exact) mass is 430 g/mol. The zero-order valence-electron chi connectivity index (χ0n) is 16.6. The third-order valence-electron chi connectivity index (χ3n) is 5.25. The number of alkyl halides is 3. The molecule has 6 nitrogen and oxygen atoms in total. The van der Waals surface area contributed by atoms with Crippen molar-refractivity contribution in [1.29, 1.82) is 0 Å². The van der Waals surface area contributed by atoms with Crippen LogP contribution in [-0.4, -0.2) is 45.7 Å². The standard InChI is InChI=1S/C22H21F3N4O2/c23-22(24,25)17-4-1-5-19(11-17)31-10-7-18-12-20(28-27-18)16-6-9-29(14-16)21(30)15-3-2-8-26-13-15/h1-5,8,11-13,16H,6-7,9-10,14H2,(H,27,28). The highest BCUT2D eigenvalue weighted by Crippen LogP contribution is 2.31. The molecule has 0 spiro atoms. The molecule has 162 valence electrons.